The van der Waals surface area contributed by atoms with Gasteiger partial charge in [0, 0.05) is 31.9 Å². The summed E-state index contributed by atoms with van der Waals surface area (Å²) in [5, 5.41) is 2.28. The van der Waals surface area contributed by atoms with Crippen LogP contribution in [0.4, 0.5) is 4.39 Å². The number of hydrogen-bond donors (Lipinski definition) is 1. The van der Waals surface area contributed by atoms with E-state index in [1.165, 1.54) is 16.5 Å². The lowest BCUT2D eigenvalue weighted by Crippen LogP contribution is -2.52. The Labute approximate surface area is 285 Å². The van der Waals surface area contributed by atoms with Crippen molar-refractivity contribution in [3.8, 4) is 5.75 Å². The Morgan fingerprint density at radius 1 is 0.938 bits per heavy atom. The highest BCUT2D eigenvalue weighted by molar-refractivity contribution is 6.18. The van der Waals surface area contributed by atoms with Gasteiger partial charge in [0.25, 0.3) is 5.91 Å². The molecule has 246 valence electrons. The van der Waals surface area contributed by atoms with E-state index in [0.717, 1.165) is 40.0 Å². The lowest BCUT2D eigenvalue weighted by atomic mass is 9.88. The van der Waals surface area contributed by atoms with E-state index in [2.05, 4.69) is 41.7 Å². The monoisotopic (exact) mass is 665 g/mol. The van der Waals surface area contributed by atoms with Crippen LogP contribution in [-0.4, -0.2) is 59.6 Å². The summed E-state index contributed by atoms with van der Waals surface area (Å²) in [5.41, 5.74) is 6.93. The molecule has 0 spiro atoms. The molecule has 7 nitrogen and oxygen atoms in total. The molecule has 0 aromatic heterocycles. The zero-order valence-electron chi connectivity index (χ0n) is 26.8. The summed E-state index contributed by atoms with van der Waals surface area (Å²) in [6, 6.07) is 31.2. The van der Waals surface area contributed by atoms with E-state index in [1.807, 2.05) is 66.5 Å². The van der Waals surface area contributed by atoms with Crippen LogP contribution in [0.25, 0.3) is 11.1 Å². The van der Waals surface area contributed by atoms with Crippen molar-refractivity contribution in [2.24, 2.45) is 0 Å². The largest absolute Gasteiger partial charge is 0.492 e. The number of ether oxygens (including phenoxy) is 1. The highest BCUT2D eigenvalue weighted by atomic mass is 35.5. The first-order valence-corrected chi connectivity index (χ1v) is 16.6. The number of amides is 3. The first-order valence-electron chi connectivity index (χ1n) is 16.1. The van der Waals surface area contributed by atoms with Crippen molar-refractivity contribution in [2.45, 2.75) is 38.4 Å². The Morgan fingerprint density at radius 2 is 1.60 bits per heavy atom. The van der Waals surface area contributed by atoms with Crippen molar-refractivity contribution in [1.29, 1.82) is 0 Å². The molecule has 1 unspecified atom stereocenters. The van der Waals surface area contributed by atoms with Crippen LogP contribution in [0.5, 0.6) is 5.75 Å². The van der Waals surface area contributed by atoms with Gasteiger partial charge in [-0.15, -0.1) is 11.6 Å². The second-order valence-corrected chi connectivity index (χ2v) is 12.5. The van der Waals surface area contributed by atoms with Gasteiger partial charge in [0.05, 0.1) is 5.56 Å². The van der Waals surface area contributed by atoms with Gasteiger partial charge >= 0.3 is 0 Å². The molecule has 0 radical (unpaired) electrons. The highest BCUT2D eigenvalue weighted by Crippen LogP contribution is 2.35. The number of imide groups is 1. The van der Waals surface area contributed by atoms with Gasteiger partial charge in [-0.2, -0.15) is 0 Å². The maximum absolute atomic E-state index is 15.2. The predicted molar refractivity (Wildman–Crippen MR) is 185 cm³/mol. The fourth-order valence-electron chi connectivity index (χ4n) is 6.51. The zero-order valence-corrected chi connectivity index (χ0v) is 27.5. The maximum atomic E-state index is 15.2. The second-order valence-electron chi connectivity index (χ2n) is 12.1. The number of piperidine rings is 1. The van der Waals surface area contributed by atoms with Crippen molar-refractivity contribution >= 4 is 40.5 Å². The molecule has 48 heavy (non-hydrogen) atoms. The Balaban J connectivity index is 1.09. The number of carbonyl (C=O) groups is 3. The van der Waals surface area contributed by atoms with Gasteiger partial charge in [-0.3, -0.25) is 24.6 Å². The normalized spacial score (nSPS) is 16.5. The van der Waals surface area contributed by atoms with Crippen molar-refractivity contribution < 1.29 is 23.5 Å². The summed E-state index contributed by atoms with van der Waals surface area (Å²) < 4.78 is 21.2. The molecule has 2 heterocycles. The van der Waals surface area contributed by atoms with Gasteiger partial charge in [-0.1, -0.05) is 78.9 Å². The summed E-state index contributed by atoms with van der Waals surface area (Å²) in [4.78, 5) is 40.3. The van der Waals surface area contributed by atoms with Crippen molar-refractivity contribution in [3.63, 3.8) is 0 Å². The van der Waals surface area contributed by atoms with Crippen LogP contribution in [0.3, 0.4) is 0 Å². The lowest BCUT2D eigenvalue weighted by molar-refractivity contribution is -0.136. The van der Waals surface area contributed by atoms with Crippen molar-refractivity contribution in [1.82, 2.24) is 15.1 Å². The Morgan fingerprint density at radius 3 is 2.27 bits per heavy atom. The fraction of sp³-hybridized carbons (Fsp3) is 0.256. The Hall–Kier alpha value is -4.79. The number of benzene rings is 4. The fourth-order valence-corrected chi connectivity index (χ4v) is 6.70. The van der Waals surface area contributed by atoms with E-state index in [1.54, 1.807) is 0 Å². The zero-order chi connectivity index (χ0) is 33.6. The minimum Gasteiger partial charge on any atom is -0.492 e. The number of allylic oxidation sites excluding steroid dienone is 1. The van der Waals surface area contributed by atoms with E-state index in [0.29, 0.717) is 31.1 Å². The van der Waals surface area contributed by atoms with Gasteiger partial charge < -0.3 is 9.64 Å². The maximum Gasteiger partial charge on any atom is 0.258 e. The lowest BCUT2D eigenvalue weighted by Gasteiger charge is -2.29. The van der Waals surface area contributed by atoms with Crippen LogP contribution in [-0.2, 0) is 22.7 Å². The number of hydrogen-bond acceptors (Lipinski definition) is 5. The third-order valence-electron chi connectivity index (χ3n) is 8.80. The number of carbonyl (C=O) groups excluding carboxylic acids is 3. The van der Waals surface area contributed by atoms with Crippen molar-refractivity contribution in [2.75, 3.05) is 26.1 Å². The van der Waals surface area contributed by atoms with Gasteiger partial charge in [0.15, 0.2) is 0 Å². The Bertz CT molecular complexity index is 1830. The molecule has 3 amide bonds. The first kappa shape index (κ1) is 33.1. The van der Waals surface area contributed by atoms with Crippen LogP contribution in [0.2, 0.25) is 0 Å². The summed E-state index contributed by atoms with van der Waals surface area (Å²) in [5.74, 6) is -0.738. The standard InChI is InChI=1S/C39H37ClFN3O4/c1-43(24-26-22-30-25-44(39(47)37(30)33(41)23-26)34-16-17-35(45)42-38(34)46)20-21-48-31-14-12-29(13-15-31)36(28-10-6-3-7-11-28)32(18-19-40)27-8-4-2-5-9-27/h2-15,22-23,34H,16-21,24-25H2,1H3,(H,42,45,46). The second kappa shape index (κ2) is 15.0. The first-order chi connectivity index (χ1) is 23.3. The van der Waals surface area contributed by atoms with Gasteiger partial charge in [0.1, 0.15) is 24.2 Å². The molecular weight excluding hydrogens is 629 g/mol. The molecule has 1 saturated heterocycles. The van der Waals surface area contributed by atoms with E-state index < -0.39 is 23.7 Å². The third kappa shape index (κ3) is 7.35. The number of halogens is 2. The van der Waals surface area contributed by atoms with E-state index >= 15 is 4.39 Å². The smallest absolute Gasteiger partial charge is 0.258 e. The number of likely N-dealkylation sites (N-methyl/N-ethyl adjacent to an activating group) is 1. The van der Waals surface area contributed by atoms with Crippen LogP contribution in [0, 0.1) is 5.82 Å². The van der Waals surface area contributed by atoms with Gasteiger partial charge in [-0.25, -0.2) is 4.39 Å². The van der Waals surface area contributed by atoms with Gasteiger partial charge in [-0.05, 0) is 77.1 Å². The third-order valence-corrected chi connectivity index (χ3v) is 8.99. The average Bonchev–Trinajstić information content (AvgIpc) is 3.42. The van der Waals surface area contributed by atoms with E-state index in [-0.39, 0.29) is 30.9 Å². The summed E-state index contributed by atoms with van der Waals surface area (Å²) in [6.45, 7) is 1.60. The highest BCUT2D eigenvalue weighted by Gasteiger charge is 2.40. The molecule has 0 aliphatic carbocycles. The summed E-state index contributed by atoms with van der Waals surface area (Å²) in [7, 11) is 1.93. The number of rotatable bonds is 12. The molecule has 1 N–H and O–H groups in total. The van der Waals surface area contributed by atoms with E-state index in [4.69, 9.17) is 16.3 Å². The van der Waals surface area contributed by atoms with Crippen LogP contribution in [0.1, 0.15) is 57.4 Å². The van der Waals surface area contributed by atoms with Gasteiger partial charge in [0.2, 0.25) is 11.8 Å². The molecular formula is C39H37ClFN3O4. The molecule has 2 aliphatic rings. The average molecular weight is 666 g/mol. The molecule has 2 aliphatic heterocycles. The topological polar surface area (TPSA) is 79.0 Å². The minimum absolute atomic E-state index is 0.00157. The van der Waals surface area contributed by atoms with Crippen LogP contribution < -0.4 is 10.1 Å². The molecule has 4 aromatic rings. The molecule has 0 saturated carbocycles. The molecule has 4 aromatic carbocycles. The summed E-state index contributed by atoms with van der Waals surface area (Å²) in [6.07, 6.45) is 1.11. The molecule has 1 fully saturated rings. The Kier molecular flexibility index (Phi) is 10.3. The number of alkyl halides is 1. The quantitative estimate of drug-likeness (QED) is 0.104. The van der Waals surface area contributed by atoms with Crippen LogP contribution in [0.15, 0.2) is 97.1 Å². The number of fused-ring (bicyclic) bond motifs is 1. The van der Waals surface area contributed by atoms with Crippen molar-refractivity contribution in [3.05, 3.63) is 136 Å². The molecule has 1 atom stereocenters. The molecule has 6 rings (SSSR count). The number of nitrogens with one attached hydrogen (secondary N) is 1. The van der Waals surface area contributed by atoms with Crippen LogP contribution >= 0.6 is 11.6 Å². The summed E-state index contributed by atoms with van der Waals surface area (Å²) >= 11 is 6.29. The molecule has 0 bridgehead atoms. The predicted octanol–water partition coefficient (Wildman–Crippen LogP) is 6.69. The minimum atomic E-state index is -0.781. The van der Waals surface area contributed by atoms with E-state index in [9.17, 15) is 14.4 Å². The number of nitrogens with zero attached hydrogens (tertiary/aromatic N) is 2. The SMILES string of the molecule is CN(CCOc1ccc(C(=C(CCCl)c2ccccc2)c2ccccc2)cc1)Cc1cc(F)c2c(c1)CN(C1CCC(=O)NC1=O)C2=O. The molecule has 9 heteroatoms.